The first-order valence-corrected chi connectivity index (χ1v) is 3.99. The largest absolute Gasteiger partial charge is 0.467 e. The second-order valence-electron chi connectivity index (χ2n) is 1.61. The Bertz CT molecular complexity index is 176. The number of hydrogen-bond acceptors (Lipinski definition) is 4. The molecule has 10 heavy (non-hydrogen) atoms. The number of hydrogen-bond donors (Lipinski definition) is 0. The molecule has 0 unspecified atom stereocenters. The molecule has 0 aliphatic heterocycles. The Morgan fingerprint density at radius 3 is 2.40 bits per heavy atom. The summed E-state index contributed by atoms with van der Waals surface area (Å²) in [5, 5.41) is 0. The first-order valence-electron chi connectivity index (χ1n) is 2.77. The molecule has 1 aromatic rings. The van der Waals surface area contributed by atoms with Crippen LogP contribution in [0.5, 0.6) is 6.01 Å². The van der Waals surface area contributed by atoms with Gasteiger partial charge in [-0.05, 0) is 6.26 Å². The minimum absolute atomic E-state index is 0.415. The lowest BCUT2D eigenvalue weighted by molar-refractivity contribution is 0.378. The third kappa shape index (κ3) is 1.60. The molecule has 0 spiro atoms. The summed E-state index contributed by atoms with van der Waals surface area (Å²) in [4.78, 5) is 8.87. The van der Waals surface area contributed by atoms with Crippen molar-refractivity contribution in [3.05, 3.63) is 12.4 Å². The van der Waals surface area contributed by atoms with Crippen LogP contribution in [-0.4, -0.2) is 23.3 Å². The number of aromatic nitrogens is 2. The quantitative estimate of drug-likeness (QED) is 0.603. The smallest absolute Gasteiger partial charge is 0.316 e. The van der Waals surface area contributed by atoms with Gasteiger partial charge in [-0.15, -0.1) is 11.8 Å². The van der Waals surface area contributed by atoms with Gasteiger partial charge in [0.25, 0.3) is 0 Å². The number of rotatable bonds is 2. The summed E-state index contributed by atoms with van der Waals surface area (Å²) in [6, 6.07) is 0.415. The van der Waals surface area contributed by atoms with E-state index in [0.717, 1.165) is 4.90 Å². The normalized spacial score (nSPS) is 9.40. The van der Waals surface area contributed by atoms with Crippen LogP contribution in [0.2, 0.25) is 0 Å². The van der Waals surface area contributed by atoms with Gasteiger partial charge in [0.05, 0.1) is 7.11 Å². The molecule has 1 heterocycles. The molecule has 0 aromatic carbocycles. The van der Waals surface area contributed by atoms with Gasteiger partial charge in [-0.3, -0.25) is 0 Å². The van der Waals surface area contributed by atoms with Crippen molar-refractivity contribution in [1.29, 1.82) is 0 Å². The van der Waals surface area contributed by atoms with Crippen LogP contribution in [0.15, 0.2) is 17.3 Å². The van der Waals surface area contributed by atoms with E-state index in [9.17, 15) is 0 Å². The molecular weight excluding hydrogens is 148 g/mol. The molecule has 0 amide bonds. The fraction of sp³-hybridized carbons (Fsp3) is 0.333. The number of nitrogens with zero attached hydrogens (tertiary/aromatic N) is 2. The first kappa shape index (κ1) is 7.34. The Labute approximate surface area is 63.8 Å². The Morgan fingerprint density at radius 1 is 1.40 bits per heavy atom. The Hall–Kier alpha value is -0.770. The molecule has 1 rings (SSSR count). The SMILES string of the molecule is COc1ncc(SC)cn1. The van der Waals surface area contributed by atoms with Crippen LogP contribution in [0, 0.1) is 0 Å². The molecule has 0 radical (unpaired) electrons. The summed E-state index contributed by atoms with van der Waals surface area (Å²) in [7, 11) is 1.55. The Balaban J connectivity index is 2.80. The molecule has 0 atom stereocenters. The summed E-state index contributed by atoms with van der Waals surface area (Å²) in [6.07, 6.45) is 5.44. The molecule has 1 aromatic heterocycles. The van der Waals surface area contributed by atoms with Gasteiger partial charge in [-0.2, -0.15) is 0 Å². The molecule has 0 N–H and O–H groups in total. The fourth-order valence-electron chi connectivity index (χ4n) is 0.515. The topological polar surface area (TPSA) is 35.0 Å². The second kappa shape index (κ2) is 3.41. The van der Waals surface area contributed by atoms with Crippen molar-refractivity contribution in [2.24, 2.45) is 0 Å². The summed E-state index contributed by atoms with van der Waals surface area (Å²) >= 11 is 1.61. The van der Waals surface area contributed by atoms with Crippen molar-refractivity contribution in [1.82, 2.24) is 9.97 Å². The molecule has 0 bridgehead atoms. The monoisotopic (exact) mass is 156 g/mol. The minimum Gasteiger partial charge on any atom is -0.467 e. The molecular formula is C6H8N2OS. The summed E-state index contributed by atoms with van der Waals surface area (Å²) in [5.41, 5.74) is 0. The summed E-state index contributed by atoms with van der Waals surface area (Å²) in [6.45, 7) is 0. The van der Waals surface area contributed by atoms with E-state index in [2.05, 4.69) is 9.97 Å². The zero-order chi connectivity index (χ0) is 7.40. The molecule has 0 aliphatic rings. The van der Waals surface area contributed by atoms with Crippen LogP contribution in [0.3, 0.4) is 0 Å². The lowest BCUT2D eigenvalue weighted by Gasteiger charge is -1.96. The molecule has 3 nitrogen and oxygen atoms in total. The highest BCUT2D eigenvalue weighted by Gasteiger charge is 1.92. The van der Waals surface area contributed by atoms with Gasteiger partial charge in [0.1, 0.15) is 0 Å². The summed E-state index contributed by atoms with van der Waals surface area (Å²) < 4.78 is 4.78. The number of ether oxygens (including phenoxy) is 1. The average Bonchev–Trinajstić information content (AvgIpc) is 2.05. The third-order valence-electron chi connectivity index (χ3n) is 1.02. The highest BCUT2D eigenvalue weighted by molar-refractivity contribution is 7.98. The molecule has 0 saturated heterocycles. The zero-order valence-corrected chi connectivity index (χ0v) is 6.68. The maximum Gasteiger partial charge on any atom is 0.316 e. The zero-order valence-electron chi connectivity index (χ0n) is 5.87. The standard InChI is InChI=1S/C6H8N2OS/c1-9-6-7-3-5(10-2)4-8-6/h3-4H,1-2H3. The number of thioether (sulfide) groups is 1. The van der Waals surface area contributed by atoms with Gasteiger partial charge in [-0.1, -0.05) is 0 Å². The lowest BCUT2D eigenvalue weighted by atomic mass is 10.7. The van der Waals surface area contributed by atoms with Crippen LogP contribution in [-0.2, 0) is 0 Å². The van der Waals surface area contributed by atoms with Crippen molar-refractivity contribution < 1.29 is 4.74 Å². The van der Waals surface area contributed by atoms with Gasteiger partial charge in [0, 0.05) is 17.3 Å². The van der Waals surface area contributed by atoms with Crippen molar-refractivity contribution in [2.75, 3.05) is 13.4 Å². The van der Waals surface area contributed by atoms with Gasteiger partial charge in [0.15, 0.2) is 0 Å². The van der Waals surface area contributed by atoms with Crippen molar-refractivity contribution in [3.8, 4) is 6.01 Å². The van der Waals surface area contributed by atoms with Crippen LogP contribution in [0.4, 0.5) is 0 Å². The lowest BCUT2D eigenvalue weighted by Crippen LogP contribution is -1.89. The predicted octanol–water partition coefficient (Wildman–Crippen LogP) is 1.21. The average molecular weight is 156 g/mol. The summed E-state index contributed by atoms with van der Waals surface area (Å²) in [5.74, 6) is 0. The molecule has 4 heteroatoms. The number of methoxy groups -OCH3 is 1. The van der Waals surface area contributed by atoms with Crippen molar-refractivity contribution in [3.63, 3.8) is 0 Å². The highest BCUT2D eigenvalue weighted by atomic mass is 32.2. The highest BCUT2D eigenvalue weighted by Crippen LogP contribution is 2.12. The van der Waals surface area contributed by atoms with E-state index in [1.165, 1.54) is 0 Å². The maximum absolute atomic E-state index is 4.78. The molecule has 0 aliphatic carbocycles. The van der Waals surface area contributed by atoms with Gasteiger partial charge in [0.2, 0.25) is 0 Å². The second-order valence-corrected chi connectivity index (χ2v) is 2.49. The van der Waals surface area contributed by atoms with E-state index in [1.54, 1.807) is 31.3 Å². The van der Waals surface area contributed by atoms with Crippen molar-refractivity contribution in [2.45, 2.75) is 4.90 Å². The van der Waals surface area contributed by atoms with Crippen LogP contribution >= 0.6 is 11.8 Å². The van der Waals surface area contributed by atoms with Gasteiger partial charge >= 0.3 is 6.01 Å². The van der Waals surface area contributed by atoms with E-state index in [1.807, 2.05) is 6.26 Å². The van der Waals surface area contributed by atoms with Crippen LogP contribution < -0.4 is 4.74 Å². The molecule has 0 fully saturated rings. The van der Waals surface area contributed by atoms with E-state index in [4.69, 9.17) is 4.74 Å². The van der Waals surface area contributed by atoms with E-state index < -0.39 is 0 Å². The van der Waals surface area contributed by atoms with E-state index in [0.29, 0.717) is 6.01 Å². The maximum atomic E-state index is 4.78. The van der Waals surface area contributed by atoms with Gasteiger partial charge < -0.3 is 4.74 Å². The van der Waals surface area contributed by atoms with Crippen LogP contribution in [0.25, 0.3) is 0 Å². The molecule has 54 valence electrons. The van der Waals surface area contributed by atoms with E-state index >= 15 is 0 Å². The fourth-order valence-corrected chi connectivity index (χ4v) is 0.831. The Kier molecular flexibility index (Phi) is 2.50. The minimum atomic E-state index is 0.415. The molecule has 0 saturated carbocycles. The third-order valence-corrected chi connectivity index (χ3v) is 1.70. The van der Waals surface area contributed by atoms with Gasteiger partial charge in [-0.25, -0.2) is 9.97 Å². The van der Waals surface area contributed by atoms with Crippen LogP contribution in [0.1, 0.15) is 0 Å². The van der Waals surface area contributed by atoms with E-state index in [-0.39, 0.29) is 0 Å². The predicted molar refractivity (Wildman–Crippen MR) is 40.4 cm³/mol. The van der Waals surface area contributed by atoms with Crippen molar-refractivity contribution >= 4 is 11.8 Å². The first-order chi connectivity index (χ1) is 4.86. The Morgan fingerprint density at radius 2 is 2.00 bits per heavy atom.